The molecule has 1 aliphatic rings. The minimum absolute atomic E-state index is 0.00358. The predicted molar refractivity (Wildman–Crippen MR) is 86.0 cm³/mol. The third-order valence-electron chi connectivity index (χ3n) is 3.36. The van der Waals surface area contributed by atoms with Crippen LogP contribution in [0, 0.1) is 0 Å². The molecule has 5 nitrogen and oxygen atoms in total. The molecule has 0 bridgehead atoms. The van der Waals surface area contributed by atoms with Gasteiger partial charge in [-0.25, -0.2) is 13.1 Å². The molecule has 0 saturated carbocycles. The topological polar surface area (TPSA) is 71.3 Å². The number of thioether (sulfide) groups is 1. The summed E-state index contributed by atoms with van der Waals surface area (Å²) in [5, 5.41) is 3.58. The van der Waals surface area contributed by atoms with E-state index >= 15 is 0 Å². The van der Waals surface area contributed by atoms with E-state index in [4.69, 9.17) is 4.42 Å². The lowest BCUT2D eigenvalue weighted by molar-refractivity contribution is 0.393. The summed E-state index contributed by atoms with van der Waals surface area (Å²) in [6.45, 7) is 5.08. The Morgan fingerprint density at radius 3 is 2.86 bits per heavy atom. The smallest absolute Gasteiger partial charge is 0.273 e. The maximum atomic E-state index is 12.2. The molecule has 0 radical (unpaired) electrons. The Balaban J connectivity index is 1.89. The van der Waals surface area contributed by atoms with Gasteiger partial charge >= 0.3 is 0 Å². The molecule has 2 heterocycles. The Bertz CT molecular complexity index is 534. The van der Waals surface area contributed by atoms with Crippen LogP contribution >= 0.6 is 11.8 Å². The van der Waals surface area contributed by atoms with Crippen LogP contribution in [-0.2, 0) is 16.6 Å². The van der Waals surface area contributed by atoms with E-state index in [0.29, 0.717) is 30.1 Å². The second-order valence-corrected chi connectivity index (χ2v) is 8.70. The van der Waals surface area contributed by atoms with Crippen molar-refractivity contribution in [1.29, 1.82) is 0 Å². The number of nitrogens with one attached hydrogen (secondary N) is 2. The summed E-state index contributed by atoms with van der Waals surface area (Å²) in [5.74, 6) is 1.76. The van der Waals surface area contributed by atoms with Crippen LogP contribution in [0.25, 0.3) is 0 Å². The highest BCUT2D eigenvalue weighted by atomic mass is 32.2. The minimum Gasteiger partial charge on any atom is -0.447 e. The fourth-order valence-electron chi connectivity index (χ4n) is 2.14. The van der Waals surface area contributed by atoms with Crippen LogP contribution in [0.2, 0.25) is 0 Å². The molecule has 1 unspecified atom stereocenters. The fourth-order valence-corrected chi connectivity index (χ4v) is 4.52. The first-order valence-corrected chi connectivity index (χ1v) is 9.94. The molecule has 21 heavy (non-hydrogen) atoms. The molecule has 1 saturated heterocycles. The quantitative estimate of drug-likeness (QED) is 0.802. The Morgan fingerprint density at radius 1 is 1.38 bits per heavy atom. The average Bonchev–Trinajstić information content (AvgIpc) is 2.94. The van der Waals surface area contributed by atoms with E-state index in [1.807, 2.05) is 25.6 Å². The monoisotopic (exact) mass is 332 g/mol. The van der Waals surface area contributed by atoms with Crippen molar-refractivity contribution in [2.75, 3.05) is 12.3 Å². The fraction of sp³-hybridized carbons (Fsp3) is 0.714. The molecule has 0 aromatic carbocycles. The van der Waals surface area contributed by atoms with Gasteiger partial charge in [0, 0.05) is 17.8 Å². The molecule has 1 aromatic heterocycles. The first kappa shape index (κ1) is 16.9. The molecule has 1 atom stereocenters. The van der Waals surface area contributed by atoms with E-state index in [1.165, 1.54) is 18.9 Å². The van der Waals surface area contributed by atoms with Gasteiger partial charge in [0.15, 0.2) is 0 Å². The third-order valence-corrected chi connectivity index (χ3v) is 6.06. The Morgan fingerprint density at radius 2 is 2.19 bits per heavy atom. The molecule has 0 aliphatic carbocycles. The van der Waals surface area contributed by atoms with Gasteiger partial charge in [0.25, 0.3) is 10.0 Å². The molecule has 0 spiro atoms. The molecule has 2 N–H and O–H groups in total. The number of furan rings is 1. The van der Waals surface area contributed by atoms with Crippen molar-refractivity contribution in [1.82, 2.24) is 10.0 Å². The molecule has 1 aromatic rings. The van der Waals surface area contributed by atoms with Crippen LogP contribution < -0.4 is 10.0 Å². The molecular weight excluding hydrogens is 308 g/mol. The minimum atomic E-state index is -3.54. The summed E-state index contributed by atoms with van der Waals surface area (Å²) >= 11 is 1.85. The highest BCUT2D eigenvalue weighted by molar-refractivity contribution is 8.00. The lowest BCUT2D eigenvalue weighted by Gasteiger charge is -2.20. The second-order valence-electron chi connectivity index (χ2n) is 5.60. The molecule has 120 valence electrons. The van der Waals surface area contributed by atoms with Crippen molar-refractivity contribution in [2.24, 2.45) is 0 Å². The first-order valence-electron chi connectivity index (χ1n) is 7.41. The van der Waals surface area contributed by atoms with Gasteiger partial charge in [-0.15, -0.1) is 0 Å². The summed E-state index contributed by atoms with van der Waals surface area (Å²) in [5.41, 5.74) is 0. The van der Waals surface area contributed by atoms with Gasteiger partial charge < -0.3 is 9.73 Å². The van der Waals surface area contributed by atoms with Crippen molar-refractivity contribution in [3.63, 3.8) is 0 Å². The summed E-state index contributed by atoms with van der Waals surface area (Å²) in [4.78, 5) is 0. The van der Waals surface area contributed by atoms with Crippen LogP contribution in [0.4, 0.5) is 0 Å². The molecular formula is C14H24N2O3S2. The first-order chi connectivity index (χ1) is 9.97. The SMILES string of the molecule is CC(C)NCc1ccc(S(=O)(=O)NCC2CCCCS2)o1. The summed E-state index contributed by atoms with van der Waals surface area (Å²) in [7, 11) is -3.54. The zero-order valence-corrected chi connectivity index (χ0v) is 14.2. The van der Waals surface area contributed by atoms with E-state index in [-0.39, 0.29) is 5.09 Å². The van der Waals surface area contributed by atoms with Gasteiger partial charge in [0.2, 0.25) is 5.09 Å². The summed E-state index contributed by atoms with van der Waals surface area (Å²) < 4.78 is 32.5. The van der Waals surface area contributed by atoms with Gasteiger partial charge in [-0.1, -0.05) is 20.3 Å². The van der Waals surface area contributed by atoms with Gasteiger partial charge in [-0.05, 0) is 30.7 Å². The number of rotatable bonds is 7. The number of hydrogen-bond acceptors (Lipinski definition) is 5. The highest BCUT2D eigenvalue weighted by Crippen LogP contribution is 2.24. The summed E-state index contributed by atoms with van der Waals surface area (Å²) in [6, 6.07) is 3.56. The van der Waals surface area contributed by atoms with E-state index in [1.54, 1.807) is 6.07 Å². The van der Waals surface area contributed by atoms with Crippen LogP contribution in [0.5, 0.6) is 0 Å². The van der Waals surface area contributed by atoms with Gasteiger partial charge in [0.1, 0.15) is 5.76 Å². The molecule has 1 fully saturated rings. The highest BCUT2D eigenvalue weighted by Gasteiger charge is 2.21. The number of hydrogen-bond donors (Lipinski definition) is 2. The zero-order chi connectivity index (χ0) is 15.3. The Hall–Kier alpha value is -0.500. The van der Waals surface area contributed by atoms with E-state index in [0.717, 1.165) is 12.2 Å². The van der Waals surface area contributed by atoms with Crippen molar-refractivity contribution < 1.29 is 12.8 Å². The van der Waals surface area contributed by atoms with Crippen molar-refractivity contribution >= 4 is 21.8 Å². The zero-order valence-electron chi connectivity index (χ0n) is 12.6. The lowest BCUT2D eigenvalue weighted by Crippen LogP contribution is -2.31. The predicted octanol–water partition coefficient (Wildman–Crippen LogP) is 2.34. The van der Waals surface area contributed by atoms with Gasteiger partial charge in [-0.2, -0.15) is 11.8 Å². The van der Waals surface area contributed by atoms with Crippen LogP contribution in [0.3, 0.4) is 0 Å². The third kappa shape index (κ3) is 5.32. The van der Waals surface area contributed by atoms with Crippen LogP contribution in [0.1, 0.15) is 38.9 Å². The second kappa shape index (κ2) is 7.67. The van der Waals surface area contributed by atoms with Crippen LogP contribution in [0.15, 0.2) is 21.6 Å². The van der Waals surface area contributed by atoms with Crippen LogP contribution in [-0.4, -0.2) is 32.0 Å². The normalized spacial score (nSPS) is 20.0. The average molecular weight is 332 g/mol. The van der Waals surface area contributed by atoms with E-state index in [2.05, 4.69) is 10.0 Å². The molecule has 1 aliphatic heterocycles. The summed E-state index contributed by atoms with van der Waals surface area (Å²) in [6.07, 6.45) is 3.50. The van der Waals surface area contributed by atoms with Crippen molar-refractivity contribution in [3.05, 3.63) is 17.9 Å². The standard InChI is InChI=1S/C14H24N2O3S2/c1-11(2)15-9-12-6-7-14(19-12)21(17,18)16-10-13-5-3-4-8-20-13/h6-7,11,13,15-16H,3-5,8-10H2,1-2H3. The van der Waals surface area contributed by atoms with Gasteiger partial charge in [0.05, 0.1) is 6.54 Å². The molecule has 2 rings (SSSR count). The van der Waals surface area contributed by atoms with E-state index < -0.39 is 10.0 Å². The Labute approximate surface area is 131 Å². The maximum absolute atomic E-state index is 12.2. The lowest BCUT2D eigenvalue weighted by atomic mass is 10.2. The number of sulfonamides is 1. The van der Waals surface area contributed by atoms with Crippen molar-refractivity contribution in [2.45, 2.75) is 56.0 Å². The Kier molecular flexibility index (Phi) is 6.16. The maximum Gasteiger partial charge on any atom is 0.273 e. The molecule has 7 heteroatoms. The largest absolute Gasteiger partial charge is 0.447 e. The van der Waals surface area contributed by atoms with Gasteiger partial charge in [-0.3, -0.25) is 0 Å². The molecule has 0 amide bonds. The van der Waals surface area contributed by atoms with E-state index in [9.17, 15) is 8.42 Å². The van der Waals surface area contributed by atoms with Crippen molar-refractivity contribution in [3.8, 4) is 0 Å².